The van der Waals surface area contributed by atoms with Gasteiger partial charge in [-0.3, -0.25) is 11.2 Å². The predicted octanol–water partition coefficient (Wildman–Crippen LogP) is -1.51. The van der Waals surface area contributed by atoms with E-state index in [1.54, 1.807) is 0 Å². The Morgan fingerprint density at radius 2 is 2.33 bits per heavy atom. The van der Waals surface area contributed by atoms with Gasteiger partial charge in [0.2, 0.25) is 0 Å². The lowest BCUT2D eigenvalue weighted by molar-refractivity contribution is 0.305. The van der Waals surface area contributed by atoms with Crippen molar-refractivity contribution < 1.29 is 0 Å². The van der Waals surface area contributed by atoms with Gasteiger partial charge in [-0.15, -0.1) is 0 Å². The highest BCUT2D eigenvalue weighted by molar-refractivity contribution is 4.79. The average molecular weight is 130 g/mol. The van der Waals surface area contributed by atoms with E-state index in [2.05, 4.69) is 10.7 Å². The Kier molecular flexibility index (Phi) is 2.41. The van der Waals surface area contributed by atoms with E-state index in [9.17, 15) is 0 Å². The van der Waals surface area contributed by atoms with Crippen LogP contribution < -0.4 is 22.3 Å². The first-order chi connectivity index (χ1) is 4.34. The number of hydrazine groups is 1. The molecule has 0 radical (unpaired) electrons. The summed E-state index contributed by atoms with van der Waals surface area (Å²) in [6, 6.07) is 0.170. The smallest absolute Gasteiger partial charge is 0.0854 e. The van der Waals surface area contributed by atoms with Gasteiger partial charge in [0.25, 0.3) is 0 Å². The maximum absolute atomic E-state index is 5.68. The monoisotopic (exact) mass is 130 g/mol. The van der Waals surface area contributed by atoms with Crippen LogP contribution in [-0.2, 0) is 0 Å². The van der Waals surface area contributed by atoms with Gasteiger partial charge >= 0.3 is 0 Å². The van der Waals surface area contributed by atoms with Gasteiger partial charge in [0.15, 0.2) is 0 Å². The second-order valence-corrected chi connectivity index (χ2v) is 2.40. The maximum atomic E-state index is 5.68. The first-order valence-corrected chi connectivity index (χ1v) is 3.29. The molecule has 1 heterocycles. The van der Waals surface area contributed by atoms with E-state index < -0.39 is 0 Å². The summed E-state index contributed by atoms with van der Waals surface area (Å²) >= 11 is 0. The van der Waals surface area contributed by atoms with Crippen LogP contribution in [-0.4, -0.2) is 18.8 Å². The Hall–Kier alpha value is -0.160. The first-order valence-electron chi connectivity index (χ1n) is 3.29. The predicted molar refractivity (Wildman–Crippen MR) is 36.3 cm³/mol. The van der Waals surface area contributed by atoms with Crippen LogP contribution in [0.25, 0.3) is 0 Å². The highest BCUT2D eigenvalue weighted by atomic mass is 15.3. The van der Waals surface area contributed by atoms with Crippen molar-refractivity contribution in [3.8, 4) is 0 Å². The SMILES string of the molecule is NNC1NCCCC1N. The van der Waals surface area contributed by atoms with E-state index in [0.29, 0.717) is 0 Å². The van der Waals surface area contributed by atoms with Crippen LogP contribution in [0.2, 0.25) is 0 Å². The zero-order valence-electron chi connectivity index (χ0n) is 5.43. The molecule has 0 aromatic carbocycles. The molecule has 0 amide bonds. The highest BCUT2D eigenvalue weighted by Gasteiger charge is 2.18. The first kappa shape index (κ1) is 6.95. The third-order valence-electron chi connectivity index (χ3n) is 1.69. The van der Waals surface area contributed by atoms with Gasteiger partial charge in [0.05, 0.1) is 6.17 Å². The quantitative estimate of drug-likeness (QED) is 0.257. The second kappa shape index (κ2) is 3.12. The van der Waals surface area contributed by atoms with Gasteiger partial charge in [0.1, 0.15) is 0 Å². The normalized spacial score (nSPS) is 36.7. The Bertz CT molecular complexity index is 85.0. The fourth-order valence-corrected chi connectivity index (χ4v) is 1.10. The van der Waals surface area contributed by atoms with E-state index >= 15 is 0 Å². The molecule has 6 N–H and O–H groups in total. The molecule has 0 bridgehead atoms. The molecule has 4 heteroatoms. The summed E-state index contributed by atoms with van der Waals surface area (Å²) in [6.07, 6.45) is 2.32. The average Bonchev–Trinajstić information content (AvgIpc) is 1.89. The van der Waals surface area contributed by atoms with Crippen LogP contribution in [0.3, 0.4) is 0 Å². The van der Waals surface area contributed by atoms with Crippen molar-refractivity contribution in [2.75, 3.05) is 6.54 Å². The summed E-state index contributed by atoms with van der Waals surface area (Å²) in [7, 11) is 0. The lowest BCUT2D eigenvalue weighted by atomic mass is 10.1. The summed E-state index contributed by atoms with van der Waals surface area (Å²) in [5.74, 6) is 5.20. The van der Waals surface area contributed by atoms with Crippen LogP contribution in [0.4, 0.5) is 0 Å². The molecule has 1 rings (SSSR count). The van der Waals surface area contributed by atoms with E-state index in [0.717, 1.165) is 19.4 Å². The van der Waals surface area contributed by atoms with Crippen LogP contribution in [0.1, 0.15) is 12.8 Å². The number of nitrogens with two attached hydrogens (primary N) is 2. The number of hydrogen-bond donors (Lipinski definition) is 4. The minimum absolute atomic E-state index is 0.110. The second-order valence-electron chi connectivity index (χ2n) is 2.40. The van der Waals surface area contributed by atoms with Crippen molar-refractivity contribution in [1.82, 2.24) is 10.7 Å². The van der Waals surface area contributed by atoms with Crippen LogP contribution in [0.5, 0.6) is 0 Å². The molecule has 0 aromatic rings. The van der Waals surface area contributed by atoms with Gasteiger partial charge in [-0.1, -0.05) is 0 Å². The zero-order valence-corrected chi connectivity index (χ0v) is 5.43. The Balaban J connectivity index is 2.30. The molecule has 54 valence electrons. The number of rotatable bonds is 1. The summed E-state index contributed by atoms with van der Waals surface area (Å²) in [5.41, 5.74) is 8.30. The molecule has 0 spiro atoms. The Morgan fingerprint density at radius 3 is 2.78 bits per heavy atom. The third-order valence-corrected chi connectivity index (χ3v) is 1.69. The molecule has 1 aliphatic rings. The van der Waals surface area contributed by atoms with Crippen molar-refractivity contribution in [2.24, 2.45) is 11.6 Å². The van der Waals surface area contributed by atoms with Crippen molar-refractivity contribution in [2.45, 2.75) is 25.0 Å². The zero-order chi connectivity index (χ0) is 6.69. The van der Waals surface area contributed by atoms with Crippen molar-refractivity contribution in [1.29, 1.82) is 0 Å². The number of piperidine rings is 1. The van der Waals surface area contributed by atoms with E-state index in [1.165, 1.54) is 0 Å². The van der Waals surface area contributed by atoms with Crippen molar-refractivity contribution >= 4 is 0 Å². The van der Waals surface area contributed by atoms with Gasteiger partial charge in [-0.2, -0.15) is 0 Å². The molecule has 0 saturated carbocycles. The summed E-state index contributed by atoms with van der Waals surface area (Å²) < 4.78 is 0. The molecular weight excluding hydrogens is 116 g/mol. The molecule has 2 unspecified atom stereocenters. The summed E-state index contributed by atoms with van der Waals surface area (Å²) in [5, 5.41) is 3.16. The van der Waals surface area contributed by atoms with Crippen LogP contribution >= 0.6 is 0 Å². The van der Waals surface area contributed by atoms with Crippen LogP contribution in [0, 0.1) is 0 Å². The molecule has 9 heavy (non-hydrogen) atoms. The fourth-order valence-electron chi connectivity index (χ4n) is 1.10. The minimum atomic E-state index is 0.110. The molecule has 0 aromatic heterocycles. The standard InChI is InChI=1S/C5H14N4/c6-4-2-1-3-8-5(4)9-7/h4-5,8-9H,1-3,6-7H2. The van der Waals surface area contributed by atoms with Crippen LogP contribution in [0.15, 0.2) is 0 Å². The minimum Gasteiger partial charge on any atom is -0.325 e. The number of hydrogen-bond acceptors (Lipinski definition) is 4. The van der Waals surface area contributed by atoms with Crippen molar-refractivity contribution in [3.63, 3.8) is 0 Å². The lowest BCUT2D eigenvalue weighted by Gasteiger charge is -2.28. The van der Waals surface area contributed by atoms with E-state index in [-0.39, 0.29) is 12.2 Å². The lowest BCUT2D eigenvalue weighted by Crippen LogP contribution is -2.59. The number of nitrogens with one attached hydrogen (secondary N) is 2. The molecule has 1 aliphatic heterocycles. The maximum Gasteiger partial charge on any atom is 0.0854 e. The molecule has 1 fully saturated rings. The molecule has 1 saturated heterocycles. The fraction of sp³-hybridized carbons (Fsp3) is 1.00. The largest absolute Gasteiger partial charge is 0.325 e. The highest BCUT2D eigenvalue weighted by Crippen LogP contribution is 2.01. The van der Waals surface area contributed by atoms with Gasteiger partial charge in [-0.05, 0) is 19.4 Å². The molecule has 4 nitrogen and oxygen atoms in total. The molecule has 2 atom stereocenters. The summed E-state index contributed by atoms with van der Waals surface area (Å²) in [4.78, 5) is 0. The Morgan fingerprint density at radius 1 is 1.56 bits per heavy atom. The molecule has 0 aliphatic carbocycles. The Labute approximate surface area is 54.9 Å². The van der Waals surface area contributed by atoms with E-state index in [4.69, 9.17) is 11.6 Å². The third kappa shape index (κ3) is 1.62. The van der Waals surface area contributed by atoms with E-state index in [1.807, 2.05) is 0 Å². The summed E-state index contributed by atoms with van der Waals surface area (Å²) in [6.45, 7) is 1.02. The topological polar surface area (TPSA) is 76.1 Å². The van der Waals surface area contributed by atoms with Crippen molar-refractivity contribution in [3.05, 3.63) is 0 Å². The molecular formula is C5H14N4. The van der Waals surface area contributed by atoms with Gasteiger partial charge in [0, 0.05) is 6.04 Å². The van der Waals surface area contributed by atoms with Gasteiger partial charge < -0.3 is 5.73 Å². The van der Waals surface area contributed by atoms with Gasteiger partial charge in [-0.25, -0.2) is 5.43 Å².